The van der Waals surface area contributed by atoms with Gasteiger partial charge in [-0.3, -0.25) is 10.1 Å². The van der Waals surface area contributed by atoms with Crippen molar-refractivity contribution in [1.29, 1.82) is 5.26 Å². The van der Waals surface area contributed by atoms with Crippen LogP contribution in [-0.4, -0.2) is 19.9 Å². The van der Waals surface area contributed by atoms with Crippen molar-refractivity contribution in [3.05, 3.63) is 106 Å². The van der Waals surface area contributed by atoms with Crippen molar-refractivity contribution in [2.45, 2.75) is 25.2 Å². The summed E-state index contributed by atoms with van der Waals surface area (Å²) in [6.07, 6.45) is 3.47. The van der Waals surface area contributed by atoms with E-state index in [0.29, 0.717) is 16.7 Å². The molecule has 3 rings (SSSR count). The average Bonchev–Trinajstić information content (AvgIpc) is 2.85. The van der Waals surface area contributed by atoms with E-state index < -0.39 is 15.0 Å². The Balaban J connectivity index is 2.09. The lowest BCUT2D eigenvalue weighted by Gasteiger charge is -2.17. The van der Waals surface area contributed by atoms with Gasteiger partial charge >= 0.3 is 10.1 Å². The van der Waals surface area contributed by atoms with Crippen molar-refractivity contribution in [3.8, 4) is 17.6 Å². The molecule has 9 heteroatoms. The molecule has 3 aromatic rings. The van der Waals surface area contributed by atoms with Crippen molar-refractivity contribution in [2.75, 3.05) is 6.61 Å². The predicted molar refractivity (Wildman–Crippen MR) is 137 cm³/mol. The molecule has 0 saturated heterocycles. The molecule has 8 nitrogen and oxygen atoms in total. The van der Waals surface area contributed by atoms with Crippen molar-refractivity contribution >= 4 is 27.5 Å². The maximum absolute atomic E-state index is 13.0. The fourth-order valence-corrected chi connectivity index (χ4v) is 4.38. The van der Waals surface area contributed by atoms with E-state index in [9.17, 15) is 23.8 Å². The standard InChI is InChI=1S/C27H24N2O6S/c1-4-6-22-15-20(16-23(18-28)21-9-11-24(12-10-21)29(30)31)17-26(34-5-2)27(22)35-36(32,33)25-13-7-19(3)8-14-25/h4,7-17H,1,5-6H2,2-3H3/b23-16+. The summed E-state index contributed by atoms with van der Waals surface area (Å²) < 4.78 is 37.2. The Morgan fingerprint density at radius 3 is 2.36 bits per heavy atom. The summed E-state index contributed by atoms with van der Waals surface area (Å²) in [6, 6.07) is 17.3. The molecule has 0 radical (unpaired) electrons. The molecule has 0 saturated carbocycles. The number of nitro benzene ring substituents is 1. The summed E-state index contributed by atoms with van der Waals surface area (Å²) in [5, 5.41) is 20.6. The van der Waals surface area contributed by atoms with Gasteiger partial charge in [0.25, 0.3) is 5.69 Å². The van der Waals surface area contributed by atoms with Crippen molar-refractivity contribution in [3.63, 3.8) is 0 Å². The van der Waals surface area contributed by atoms with Crippen molar-refractivity contribution in [2.24, 2.45) is 0 Å². The van der Waals surface area contributed by atoms with Gasteiger partial charge in [0.15, 0.2) is 11.5 Å². The van der Waals surface area contributed by atoms with E-state index in [2.05, 4.69) is 12.6 Å². The zero-order chi connectivity index (χ0) is 26.3. The lowest BCUT2D eigenvalue weighted by atomic mass is 10.0. The summed E-state index contributed by atoms with van der Waals surface area (Å²) in [6.45, 7) is 7.60. The van der Waals surface area contributed by atoms with Gasteiger partial charge in [0.2, 0.25) is 0 Å². The van der Waals surface area contributed by atoms with Gasteiger partial charge in [0.05, 0.1) is 23.2 Å². The molecule has 0 aromatic heterocycles. The fraction of sp³-hybridized carbons (Fsp3) is 0.148. The highest BCUT2D eigenvalue weighted by Gasteiger charge is 2.22. The molecule has 0 fully saturated rings. The third-order valence-electron chi connectivity index (χ3n) is 5.14. The minimum Gasteiger partial charge on any atom is -0.490 e. The number of hydrogen-bond acceptors (Lipinski definition) is 7. The first kappa shape index (κ1) is 26.2. The molecule has 0 atom stereocenters. The number of nitro groups is 1. The number of hydrogen-bond donors (Lipinski definition) is 0. The lowest BCUT2D eigenvalue weighted by Crippen LogP contribution is -2.12. The van der Waals surface area contributed by atoms with Crippen LogP contribution in [0.3, 0.4) is 0 Å². The topological polar surface area (TPSA) is 120 Å². The van der Waals surface area contributed by atoms with E-state index in [-0.39, 0.29) is 40.7 Å². The largest absolute Gasteiger partial charge is 0.490 e. The third-order valence-corrected chi connectivity index (χ3v) is 6.38. The molecule has 36 heavy (non-hydrogen) atoms. The number of nitrogens with zero attached hydrogens (tertiary/aromatic N) is 2. The molecule has 0 bridgehead atoms. The quantitative estimate of drug-likeness (QED) is 0.0846. The number of aryl methyl sites for hydroxylation is 1. The van der Waals surface area contributed by atoms with Crippen LogP contribution in [0.4, 0.5) is 5.69 Å². The van der Waals surface area contributed by atoms with Crippen LogP contribution in [-0.2, 0) is 16.5 Å². The van der Waals surface area contributed by atoms with E-state index >= 15 is 0 Å². The van der Waals surface area contributed by atoms with E-state index in [1.165, 1.54) is 36.4 Å². The van der Waals surface area contributed by atoms with Gasteiger partial charge in [-0.05, 0) is 73.9 Å². The molecule has 0 heterocycles. The summed E-state index contributed by atoms with van der Waals surface area (Å²) in [7, 11) is -4.14. The average molecular weight is 505 g/mol. The molecule has 0 aliphatic rings. The molecular formula is C27H24N2O6S. The van der Waals surface area contributed by atoms with Crippen LogP contribution >= 0.6 is 0 Å². The number of nitriles is 1. The Kier molecular flexibility index (Phi) is 8.25. The van der Waals surface area contributed by atoms with Crippen molar-refractivity contribution in [1.82, 2.24) is 0 Å². The molecule has 0 unspecified atom stereocenters. The first-order valence-electron chi connectivity index (χ1n) is 11.0. The summed E-state index contributed by atoms with van der Waals surface area (Å²) >= 11 is 0. The second-order valence-corrected chi connectivity index (χ2v) is 9.30. The molecule has 0 aliphatic heterocycles. The van der Waals surface area contributed by atoms with Gasteiger partial charge in [-0.1, -0.05) is 23.8 Å². The highest BCUT2D eigenvalue weighted by atomic mass is 32.2. The number of non-ortho nitro benzene ring substituents is 1. The second kappa shape index (κ2) is 11.3. The van der Waals surface area contributed by atoms with Crippen LogP contribution in [0.2, 0.25) is 0 Å². The highest BCUT2D eigenvalue weighted by molar-refractivity contribution is 7.87. The van der Waals surface area contributed by atoms with Crippen LogP contribution in [0.1, 0.15) is 29.2 Å². The zero-order valence-corrected chi connectivity index (χ0v) is 20.6. The number of allylic oxidation sites excluding steroid dienone is 2. The monoisotopic (exact) mass is 504 g/mol. The SMILES string of the molecule is C=CCc1cc(/C=C(\C#N)c2ccc([N+](=O)[O-])cc2)cc(OCC)c1OS(=O)(=O)c1ccc(C)cc1. The van der Waals surface area contributed by atoms with Crippen LogP contribution < -0.4 is 8.92 Å². The molecule has 0 aliphatic carbocycles. The van der Waals surface area contributed by atoms with Crippen LogP contribution in [0.5, 0.6) is 11.5 Å². The Bertz CT molecular complexity index is 1450. The van der Waals surface area contributed by atoms with Gasteiger partial charge < -0.3 is 8.92 Å². The summed E-state index contributed by atoms with van der Waals surface area (Å²) in [4.78, 5) is 10.4. The van der Waals surface area contributed by atoms with Gasteiger partial charge in [-0.15, -0.1) is 6.58 Å². The Morgan fingerprint density at radius 2 is 1.81 bits per heavy atom. The lowest BCUT2D eigenvalue weighted by molar-refractivity contribution is -0.384. The van der Waals surface area contributed by atoms with E-state index in [1.54, 1.807) is 43.3 Å². The first-order valence-corrected chi connectivity index (χ1v) is 12.4. The molecule has 3 aromatic carbocycles. The summed E-state index contributed by atoms with van der Waals surface area (Å²) in [5.41, 5.74) is 2.64. The first-order chi connectivity index (χ1) is 17.2. The normalized spacial score (nSPS) is 11.4. The van der Waals surface area contributed by atoms with Gasteiger partial charge in [-0.25, -0.2) is 0 Å². The zero-order valence-electron chi connectivity index (χ0n) is 19.8. The molecule has 0 amide bonds. The second-order valence-electron chi connectivity index (χ2n) is 7.76. The third kappa shape index (κ3) is 6.17. The Hall–Kier alpha value is -4.42. The fourth-order valence-electron chi connectivity index (χ4n) is 3.40. The molecule has 0 spiro atoms. The van der Waals surface area contributed by atoms with Gasteiger partial charge in [-0.2, -0.15) is 13.7 Å². The summed E-state index contributed by atoms with van der Waals surface area (Å²) in [5.74, 6) is 0.239. The molecular weight excluding hydrogens is 480 g/mol. The van der Waals surface area contributed by atoms with Crippen LogP contribution in [0.15, 0.2) is 78.2 Å². The van der Waals surface area contributed by atoms with Gasteiger partial charge in [0.1, 0.15) is 4.90 Å². The smallest absolute Gasteiger partial charge is 0.339 e. The van der Waals surface area contributed by atoms with E-state index in [4.69, 9.17) is 8.92 Å². The molecule has 184 valence electrons. The predicted octanol–water partition coefficient (Wildman–Crippen LogP) is 5.86. The maximum atomic E-state index is 13.0. The minimum atomic E-state index is -4.14. The van der Waals surface area contributed by atoms with E-state index in [0.717, 1.165) is 5.56 Å². The number of ether oxygens (including phenoxy) is 1. The molecule has 0 N–H and O–H groups in total. The Labute approximate surface area is 210 Å². The van der Waals surface area contributed by atoms with Gasteiger partial charge in [0, 0.05) is 17.7 Å². The minimum absolute atomic E-state index is 0.00834. The number of benzene rings is 3. The number of rotatable bonds is 10. The Morgan fingerprint density at radius 1 is 1.14 bits per heavy atom. The highest BCUT2D eigenvalue weighted by Crippen LogP contribution is 2.37. The van der Waals surface area contributed by atoms with Crippen molar-refractivity contribution < 1.29 is 22.3 Å². The maximum Gasteiger partial charge on any atom is 0.339 e. The van der Waals surface area contributed by atoms with Crippen LogP contribution in [0, 0.1) is 28.4 Å². The van der Waals surface area contributed by atoms with Crippen LogP contribution in [0.25, 0.3) is 11.6 Å². The van der Waals surface area contributed by atoms with E-state index in [1.807, 2.05) is 6.92 Å².